The Kier molecular flexibility index (Phi) is 11.3. The largest absolute Gasteiger partial charge is 0.480 e. The van der Waals surface area contributed by atoms with E-state index in [0.717, 1.165) is 0 Å². The summed E-state index contributed by atoms with van der Waals surface area (Å²) in [7, 11) is 0. The van der Waals surface area contributed by atoms with Gasteiger partial charge in [0.15, 0.2) is 0 Å². The van der Waals surface area contributed by atoms with Crippen molar-refractivity contribution in [2.45, 2.75) is 43.9 Å². The van der Waals surface area contributed by atoms with Crippen LogP contribution in [0, 0.1) is 0 Å². The molecule has 0 aliphatic rings. The Morgan fingerprint density at radius 2 is 1.87 bits per heavy atom. The van der Waals surface area contributed by atoms with Gasteiger partial charge in [-0.05, 0) is 25.4 Å². The average molecular weight is 461 g/mol. The number of amides is 3. The number of nitrogens with two attached hydrogens (primary N) is 1. The number of aromatic nitrogens is 2. The first-order valence-electron chi connectivity index (χ1n) is 9.16. The van der Waals surface area contributed by atoms with Crippen LogP contribution in [0.4, 0.5) is 0 Å². The molecule has 0 aliphatic heterocycles. The first-order valence-corrected chi connectivity index (χ1v) is 11.2. The van der Waals surface area contributed by atoms with Crippen LogP contribution in [0.15, 0.2) is 12.5 Å². The van der Waals surface area contributed by atoms with Crippen LogP contribution in [-0.2, 0) is 25.6 Å². The number of rotatable bonds is 13. The van der Waals surface area contributed by atoms with Gasteiger partial charge in [0.05, 0.1) is 12.4 Å². The number of H-pyrrole nitrogens is 1. The zero-order valence-electron chi connectivity index (χ0n) is 16.8. The molecule has 0 bridgehead atoms. The van der Waals surface area contributed by atoms with Gasteiger partial charge in [-0.25, -0.2) is 9.78 Å². The number of nitrogens with one attached hydrogen (secondary N) is 4. The summed E-state index contributed by atoms with van der Waals surface area (Å²) >= 11 is 5.41. The number of aromatic amines is 1. The molecular weight excluding hydrogens is 432 g/mol. The fourth-order valence-corrected chi connectivity index (χ4v) is 3.00. The molecule has 0 aliphatic carbocycles. The molecule has 1 rings (SSSR count). The number of carbonyl (C=O) groups is 4. The predicted octanol–water partition coefficient (Wildman–Crippen LogP) is -1.48. The third-order valence-electron chi connectivity index (χ3n) is 4.12. The van der Waals surface area contributed by atoms with E-state index in [1.54, 1.807) is 0 Å². The lowest BCUT2D eigenvalue weighted by molar-refractivity contribution is -0.142. The van der Waals surface area contributed by atoms with E-state index >= 15 is 0 Å². The van der Waals surface area contributed by atoms with Crippen molar-refractivity contribution in [3.05, 3.63) is 18.2 Å². The Hall–Kier alpha value is -2.25. The number of hydrogen-bond donors (Lipinski definition) is 7. The molecule has 4 unspecified atom stereocenters. The van der Waals surface area contributed by atoms with Crippen LogP contribution < -0.4 is 21.7 Å². The lowest BCUT2D eigenvalue weighted by atomic mass is 10.1. The van der Waals surface area contributed by atoms with E-state index in [2.05, 4.69) is 38.5 Å². The highest BCUT2D eigenvalue weighted by Crippen LogP contribution is 2.05. The quantitative estimate of drug-likeness (QED) is 0.174. The van der Waals surface area contributed by atoms with E-state index in [1.165, 1.54) is 31.2 Å². The van der Waals surface area contributed by atoms with Crippen molar-refractivity contribution in [3.63, 3.8) is 0 Å². The molecule has 0 aromatic carbocycles. The molecule has 3 amide bonds. The van der Waals surface area contributed by atoms with Gasteiger partial charge < -0.3 is 31.8 Å². The smallest absolute Gasteiger partial charge is 0.326 e. The zero-order valence-corrected chi connectivity index (χ0v) is 18.5. The number of thiol groups is 1. The number of nitrogens with zero attached hydrogens (tertiary/aromatic N) is 1. The number of carboxylic acid groups (broad SMARTS) is 1. The lowest BCUT2D eigenvalue weighted by Gasteiger charge is -2.23. The summed E-state index contributed by atoms with van der Waals surface area (Å²) in [5.41, 5.74) is 6.11. The molecule has 0 radical (unpaired) electrons. The summed E-state index contributed by atoms with van der Waals surface area (Å²) in [6.45, 7) is 1.46. The number of hydrogen-bond acceptors (Lipinski definition) is 8. The molecule has 13 heteroatoms. The van der Waals surface area contributed by atoms with Gasteiger partial charge in [0.1, 0.15) is 18.1 Å². The third kappa shape index (κ3) is 8.63. The number of aliphatic carboxylic acids is 1. The molecule has 0 saturated heterocycles. The number of carbonyl (C=O) groups excluding carboxylic acids is 3. The Bertz CT molecular complexity index is 718. The van der Waals surface area contributed by atoms with Gasteiger partial charge in [-0.15, -0.1) is 0 Å². The summed E-state index contributed by atoms with van der Waals surface area (Å²) < 4.78 is 0. The summed E-state index contributed by atoms with van der Waals surface area (Å²) in [6.07, 6.45) is 5.02. The van der Waals surface area contributed by atoms with Gasteiger partial charge in [-0.1, -0.05) is 0 Å². The van der Waals surface area contributed by atoms with Crippen LogP contribution in [0.25, 0.3) is 0 Å². The first-order chi connectivity index (χ1) is 14.2. The van der Waals surface area contributed by atoms with Crippen molar-refractivity contribution < 1.29 is 24.3 Å². The highest BCUT2D eigenvalue weighted by molar-refractivity contribution is 7.98. The molecule has 1 aromatic heterocycles. The monoisotopic (exact) mass is 460 g/mol. The molecule has 168 valence electrons. The molecule has 11 nitrogen and oxygen atoms in total. The second-order valence-electron chi connectivity index (χ2n) is 6.54. The first kappa shape index (κ1) is 25.8. The molecular formula is C17H28N6O5S2. The summed E-state index contributed by atoms with van der Waals surface area (Å²) in [4.78, 5) is 55.1. The maximum Gasteiger partial charge on any atom is 0.326 e. The Balaban J connectivity index is 2.78. The van der Waals surface area contributed by atoms with E-state index < -0.39 is 47.9 Å². The normalized spacial score (nSPS) is 14.8. The van der Waals surface area contributed by atoms with Crippen molar-refractivity contribution in [1.82, 2.24) is 25.9 Å². The number of thioether (sulfide) groups is 1. The lowest BCUT2D eigenvalue weighted by Crippen LogP contribution is -2.56. The van der Waals surface area contributed by atoms with E-state index in [9.17, 15) is 24.3 Å². The summed E-state index contributed by atoms with van der Waals surface area (Å²) in [5, 5.41) is 16.9. The van der Waals surface area contributed by atoms with Gasteiger partial charge in [0.25, 0.3) is 0 Å². The summed E-state index contributed by atoms with van der Waals surface area (Å²) in [5.74, 6) is -2.29. The van der Waals surface area contributed by atoms with Crippen LogP contribution in [0.1, 0.15) is 19.0 Å². The van der Waals surface area contributed by atoms with Crippen LogP contribution in [0.3, 0.4) is 0 Å². The van der Waals surface area contributed by atoms with Crippen LogP contribution in [-0.4, -0.2) is 80.7 Å². The number of imidazole rings is 1. The Morgan fingerprint density at radius 1 is 1.20 bits per heavy atom. The standard InChI is InChI=1S/C17H28N6O5S2/c1-9(21-15(25)11(18)7-29)14(24)22-12(3-4-30-2)16(26)23-13(17(27)28)5-10-6-19-8-20-10/h6,8-9,11-13,29H,3-5,7,18H2,1-2H3,(H,19,20)(H,21,25)(H,22,24)(H,23,26)(H,27,28). The van der Waals surface area contributed by atoms with E-state index in [-0.39, 0.29) is 18.6 Å². The molecule has 1 heterocycles. The fourth-order valence-electron chi connectivity index (χ4n) is 2.36. The number of carboxylic acids is 1. The van der Waals surface area contributed by atoms with Crippen molar-refractivity contribution in [3.8, 4) is 0 Å². The average Bonchev–Trinajstić information content (AvgIpc) is 3.22. The van der Waals surface area contributed by atoms with Crippen molar-refractivity contribution in [2.24, 2.45) is 5.73 Å². The highest BCUT2D eigenvalue weighted by Gasteiger charge is 2.28. The molecule has 0 spiro atoms. The Morgan fingerprint density at radius 3 is 2.40 bits per heavy atom. The highest BCUT2D eigenvalue weighted by atomic mass is 32.2. The van der Waals surface area contributed by atoms with Crippen molar-refractivity contribution in [1.29, 1.82) is 0 Å². The predicted molar refractivity (Wildman–Crippen MR) is 116 cm³/mol. The van der Waals surface area contributed by atoms with Gasteiger partial charge in [0.2, 0.25) is 17.7 Å². The van der Waals surface area contributed by atoms with Crippen LogP contribution in [0.2, 0.25) is 0 Å². The molecule has 0 fully saturated rings. The fraction of sp³-hybridized carbons (Fsp3) is 0.588. The van der Waals surface area contributed by atoms with E-state index in [4.69, 9.17) is 5.73 Å². The molecule has 1 aromatic rings. The maximum atomic E-state index is 12.7. The molecule has 30 heavy (non-hydrogen) atoms. The van der Waals surface area contributed by atoms with E-state index in [1.807, 2.05) is 6.26 Å². The Labute approximate surface area is 184 Å². The topological polar surface area (TPSA) is 179 Å². The maximum absolute atomic E-state index is 12.7. The molecule has 7 N–H and O–H groups in total. The van der Waals surface area contributed by atoms with Crippen LogP contribution in [0.5, 0.6) is 0 Å². The SMILES string of the molecule is CSCCC(NC(=O)C(C)NC(=O)C(N)CS)C(=O)NC(Cc1cnc[nH]1)C(=O)O. The van der Waals surface area contributed by atoms with E-state index in [0.29, 0.717) is 11.4 Å². The van der Waals surface area contributed by atoms with Gasteiger partial charge in [-0.2, -0.15) is 24.4 Å². The van der Waals surface area contributed by atoms with Gasteiger partial charge >= 0.3 is 5.97 Å². The minimum atomic E-state index is -1.21. The molecule has 4 atom stereocenters. The minimum absolute atomic E-state index is 0.0122. The van der Waals surface area contributed by atoms with Gasteiger partial charge in [0, 0.05) is 24.1 Å². The van der Waals surface area contributed by atoms with Crippen molar-refractivity contribution >= 4 is 48.1 Å². The summed E-state index contributed by atoms with van der Waals surface area (Å²) in [6, 6.07) is -3.96. The third-order valence-corrected chi connectivity index (χ3v) is 5.16. The molecule has 0 saturated carbocycles. The minimum Gasteiger partial charge on any atom is -0.480 e. The zero-order chi connectivity index (χ0) is 22.7. The van der Waals surface area contributed by atoms with Gasteiger partial charge in [-0.3, -0.25) is 14.4 Å². The second kappa shape index (κ2) is 13.1. The van der Waals surface area contributed by atoms with Crippen LogP contribution >= 0.6 is 24.4 Å². The van der Waals surface area contributed by atoms with Crippen molar-refractivity contribution in [2.75, 3.05) is 17.8 Å². The second-order valence-corrected chi connectivity index (χ2v) is 7.89.